The number of rotatable bonds is 3. The lowest BCUT2D eigenvalue weighted by atomic mass is 10.0. The molecule has 0 saturated carbocycles. The third-order valence-corrected chi connectivity index (χ3v) is 4.34. The van der Waals surface area contributed by atoms with Gasteiger partial charge in [-0.2, -0.15) is 4.98 Å². The Morgan fingerprint density at radius 1 is 0.963 bits per heavy atom. The first-order valence-corrected chi connectivity index (χ1v) is 8.52. The molecule has 0 fully saturated rings. The molecule has 0 aliphatic carbocycles. The maximum Gasteiger partial charge on any atom is 0.272 e. The van der Waals surface area contributed by atoms with Gasteiger partial charge in [-0.15, -0.1) is 0 Å². The van der Waals surface area contributed by atoms with E-state index in [9.17, 15) is 4.79 Å². The molecule has 0 unspecified atom stereocenters. The lowest BCUT2D eigenvalue weighted by molar-refractivity contribution is -0.118. The molecule has 2 heterocycles. The number of ether oxygens (including phenoxy) is 1. The molecule has 6 nitrogen and oxygen atoms in total. The van der Waals surface area contributed by atoms with Crippen LogP contribution in [0.5, 0.6) is 5.88 Å². The Bertz CT molecular complexity index is 1020. The third-order valence-electron chi connectivity index (χ3n) is 4.34. The first-order chi connectivity index (χ1) is 13.2. The largest absolute Gasteiger partial charge is 0.481 e. The van der Waals surface area contributed by atoms with Crippen molar-refractivity contribution in [3.05, 3.63) is 83.9 Å². The van der Waals surface area contributed by atoms with Crippen molar-refractivity contribution < 1.29 is 9.53 Å². The van der Waals surface area contributed by atoms with Crippen molar-refractivity contribution in [1.29, 1.82) is 0 Å². The average Bonchev–Trinajstić information content (AvgIpc) is 2.83. The van der Waals surface area contributed by atoms with Gasteiger partial charge in [0.05, 0.1) is 18.5 Å². The molecule has 0 spiro atoms. The smallest absolute Gasteiger partial charge is 0.272 e. The number of methoxy groups -OCH3 is 1. The van der Waals surface area contributed by atoms with Crippen LogP contribution in [0.3, 0.4) is 0 Å². The van der Waals surface area contributed by atoms with Crippen LogP contribution in [0.2, 0.25) is 0 Å². The quantitative estimate of drug-likeness (QED) is 0.781. The number of benzene rings is 2. The zero-order valence-electron chi connectivity index (χ0n) is 14.7. The number of hydrogen-bond acceptors (Lipinski definition) is 5. The van der Waals surface area contributed by atoms with Crippen molar-refractivity contribution in [2.45, 2.75) is 6.17 Å². The molecule has 0 saturated heterocycles. The van der Waals surface area contributed by atoms with Crippen molar-refractivity contribution in [1.82, 2.24) is 4.98 Å². The number of para-hydroxylation sites is 1. The Morgan fingerprint density at radius 3 is 2.48 bits per heavy atom. The SMILES string of the molecule is COc1cccc(N2C(=O)[C@@H](N)N=C(c3ccccc3)c3ccccc32)n1. The van der Waals surface area contributed by atoms with Crippen LogP contribution in [0.1, 0.15) is 11.1 Å². The van der Waals surface area contributed by atoms with E-state index in [1.807, 2.05) is 54.6 Å². The summed E-state index contributed by atoms with van der Waals surface area (Å²) in [6.07, 6.45) is -1.04. The highest BCUT2D eigenvalue weighted by Gasteiger charge is 2.31. The zero-order chi connectivity index (χ0) is 18.8. The molecule has 134 valence electrons. The second-order valence-electron chi connectivity index (χ2n) is 6.02. The first-order valence-electron chi connectivity index (χ1n) is 8.52. The van der Waals surface area contributed by atoms with Crippen LogP contribution in [0.15, 0.2) is 77.8 Å². The number of pyridine rings is 1. The maximum atomic E-state index is 13.1. The molecule has 2 N–H and O–H groups in total. The van der Waals surface area contributed by atoms with Crippen LogP contribution < -0.4 is 15.4 Å². The minimum atomic E-state index is -1.04. The van der Waals surface area contributed by atoms with E-state index in [-0.39, 0.29) is 5.91 Å². The summed E-state index contributed by atoms with van der Waals surface area (Å²) < 4.78 is 5.21. The van der Waals surface area contributed by atoms with E-state index in [4.69, 9.17) is 10.5 Å². The normalized spacial score (nSPS) is 16.4. The van der Waals surface area contributed by atoms with Crippen LogP contribution in [0.4, 0.5) is 11.5 Å². The van der Waals surface area contributed by atoms with E-state index >= 15 is 0 Å². The van der Waals surface area contributed by atoms with Crippen molar-refractivity contribution in [2.24, 2.45) is 10.7 Å². The van der Waals surface area contributed by atoms with Crippen LogP contribution in [0, 0.1) is 0 Å². The summed E-state index contributed by atoms with van der Waals surface area (Å²) in [5, 5.41) is 0. The van der Waals surface area contributed by atoms with Gasteiger partial charge in [-0.05, 0) is 12.1 Å². The lowest BCUT2D eigenvalue weighted by Gasteiger charge is -2.23. The third kappa shape index (κ3) is 3.07. The van der Waals surface area contributed by atoms with Crippen LogP contribution >= 0.6 is 0 Å². The Kier molecular flexibility index (Phi) is 4.40. The predicted octanol–water partition coefficient (Wildman–Crippen LogP) is 2.89. The van der Waals surface area contributed by atoms with E-state index in [1.165, 1.54) is 12.0 Å². The van der Waals surface area contributed by atoms with Gasteiger partial charge in [0.2, 0.25) is 5.88 Å². The topological polar surface area (TPSA) is 80.8 Å². The van der Waals surface area contributed by atoms with Gasteiger partial charge in [0.25, 0.3) is 5.91 Å². The van der Waals surface area contributed by atoms with Crippen molar-refractivity contribution in [3.63, 3.8) is 0 Å². The second kappa shape index (κ2) is 7.01. The summed E-state index contributed by atoms with van der Waals surface area (Å²) in [6.45, 7) is 0. The predicted molar refractivity (Wildman–Crippen MR) is 104 cm³/mol. The van der Waals surface area contributed by atoms with Gasteiger partial charge in [0.1, 0.15) is 5.82 Å². The number of fused-ring (bicyclic) bond motifs is 1. The molecule has 1 amide bonds. The van der Waals surface area contributed by atoms with Crippen LogP contribution in [-0.4, -0.2) is 29.9 Å². The highest BCUT2D eigenvalue weighted by atomic mass is 16.5. The highest BCUT2D eigenvalue weighted by molar-refractivity contribution is 6.21. The number of aromatic nitrogens is 1. The van der Waals surface area contributed by atoms with Crippen molar-refractivity contribution in [3.8, 4) is 5.88 Å². The molecule has 6 heteroatoms. The van der Waals surface area contributed by atoms with E-state index in [2.05, 4.69) is 9.98 Å². The van der Waals surface area contributed by atoms with E-state index in [1.54, 1.807) is 18.2 Å². The van der Waals surface area contributed by atoms with Gasteiger partial charge in [-0.1, -0.05) is 54.6 Å². The maximum absolute atomic E-state index is 13.1. The number of nitrogens with zero attached hydrogens (tertiary/aromatic N) is 3. The van der Waals surface area contributed by atoms with Crippen molar-refractivity contribution in [2.75, 3.05) is 12.0 Å². The fourth-order valence-corrected chi connectivity index (χ4v) is 3.09. The zero-order valence-corrected chi connectivity index (χ0v) is 14.7. The van der Waals surface area contributed by atoms with Gasteiger partial charge in [-0.25, -0.2) is 0 Å². The molecule has 1 aliphatic rings. The summed E-state index contributed by atoms with van der Waals surface area (Å²) in [4.78, 5) is 23.5. The number of anilines is 2. The molecule has 0 radical (unpaired) electrons. The van der Waals surface area contributed by atoms with E-state index < -0.39 is 6.17 Å². The van der Waals surface area contributed by atoms with Gasteiger partial charge >= 0.3 is 0 Å². The fraction of sp³-hybridized carbons (Fsp3) is 0.0952. The van der Waals surface area contributed by atoms with Gasteiger partial charge in [0, 0.05) is 17.2 Å². The molecule has 3 aromatic rings. The van der Waals surface area contributed by atoms with E-state index in [0.29, 0.717) is 23.1 Å². The summed E-state index contributed by atoms with van der Waals surface area (Å²) in [5.74, 6) is 0.501. The Hall–Kier alpha value is -3.51. The minimum Gasteiger partial charge on any atom is -0.481 e. The Labute approximate surface area is 156 Å². The monoisotopic (exact) mass is 358 g/mol. The summed E-state index contributed by atoms with van der Waals surface area (Å²) in [6, 6.07) is 22.5. The molecule has 4 rings (SSSR count). The van der Waals surface area contributed by atoms with Crippen molar-refractivity contribution >= 4 is 23.1 Å². The highest BCUT2D eigenvalue weighted by Crippen LogP contribution is 2.33. The molecule has 27 heavy (non-hydrogen) atoms. The number of benzodiazepines with no additional fused rings is 1. The molecule has 2 aromatic carbocycles. The molecular formula is C21H18N4O2. The second-order valence-corrected chi connectivity index (χ2v) is 6.02. The summed E-state index contributed by atoms with van der Waals surface area (Å²) in [5.41, 5.74) is 9.21. The average molecular weight is 358 g/mol. The minimum absolute atomic E-state index is 0.353. The van der Waals surface area contributed by atoms with Gasteiger partial charge < -0.3 is 10.5 Å². The van der Waals surface area contributed by atoms with E-state index in [0.717, 1.165) is 11.1 Å². The van der Waals surface area contributed by atoms with Gasteiger partial charge in [-0.3, -0.25) is 14.7 Å². The van der Waals surface area contributed by atoms with Crippen LogP contribution in [0.25, 0.3) is 0 Å². The number of nitrogens with two attached hydrogens (primary N) is 1. The number of carbonyl (C=O) groups excluding carboxylic acids is 1. The number of carbonyl (C=O) groups is 1. The Balaban J connectivity index is 1.93. The molecule has 0 bridgehead atoms. The first kappa shape index (κ1) is 16.9. The molecule has 1 aromatic heterocycles. The van der Waals surface area contributed by atoms with Gasteiger partial charge in [0.15, 0.2) is 6.17 Å². The fourth-order valence-electron chi connectivity index (χ4n) is 3.09. The number of amides is 1. The number of aliphatic imine (C=N–C) groups is 1. The van der Waals surface area contributed by atoms with Crippen LogP contribution in [-0.2, 0) is 4.79 Å². The lowest BCUT2D eigenvalue weighted by Crippen LogP contribution is -2.40. The summed E-state index contributed by atoms with van der Waals surface area (Å²) in [7, 11) is 1.53. The molecule has 1 atom stereocenters. The molecular weight excluding hydrogens is 340 g/mol. The standard InChI is InChI=1S/C21H18N4O2/c1-27-18-13-7-12-17(23-18)25-16-11-6-5-10-15(16)19(24-20(22)21(25)26)14-8-3-2-4-9-14/h2-13,20H,22H2,1H3/t20-/m0/s1. The number of hydrogen-bond donors (Lipinski definition) is 1. The molecule has 1 aliphatic heterocycles. The summed E-state index contributed by atoms with van der Waals surface area (Å²) >= 11 is 0. The Morgan fingerprint density at radius 2 is 1.70 bits per heavy atom.